The van der Waals surface area contributed by atoms with E-state index < -0.39 is 12.2 Å². The van der Waals surface area contributed by atoms with Gasteiger partial charge in [0.25, 0.3) is 0 Å². The molecular formula is C30H35NO4. The summed E-state index contributed by atoms with van der Waals surface area (Å²) in [5.74, 6) is 0. The fraction of sp³-hybridized carbons (Fsp3) is 0.333. The average Bonchev–Trinajstić information content (AvgIpc) is 3.66. The Morgan fingerprint density at radius 1 is 0.771 bits per heavy atom. The van der Waals surface area contributed by atoms with Crippen molar-refractivity contribution in [1.29, 1.82) is 0 Å². The van der Waals surface area contributed by atoms with Crippen LogP contribution in [0.25, 0.3) is 0 Å². The minimum absolute atomic E-state index is 0.0706. The van der Waals surface area contributed by atoms with Crippen LogP contribution in [0.3, 0.4) is 0 Å². The molecule has 35 heavy (non-hydrogen) atoms. The minimum Gasteiger partial charge on any atom is -0.388 e. The molecule has 4 rings (SSSR count). The zero-order valence-corrected chi connectivity index (χ0v) is 20.0. The number of ether oxygens (including phenoxy) is 3. The lowest BCUT2D eigenvalue weighted by Gasteiger charge is -2.31. The number of hydrogen-bond donors (Lipinski definition) is 2. The number of hydrogen-bond acceptors (Lipinski definition) is 5. The number of aliphatic hydroxyl groups is 1. The molecule has 184 valence electrons. The summed E-state index contributed by atoms with van der Waals surface area (Å²) in [6.45, 7) is 5.27. The van der Waals surface area contributed by atoms with Crippen molar-refractivity contribution in [3.05, 3.63) is 120 Å². The third-order valence-corrected chi connectivity index (χ3v) is 6.18. The van der Waals surface area contributed by atoms with Crippen LogP contribution in [-0.4, -0.2) is 42.1 Å². The van der Waals surface area contributed by atoms with E-state index in [0.29, 0.717) is 19.8 Å². The topological polar surface area (TPSA) is 69.9 Å². The van der Waals surface area contributed by atoms with Gasteiger partial charge < -0.3 is 24.6 Å². The van der Waals surface area contributed by atoms with Crippen molar-refractivity contribution in [3.8, 4) is 0 Å². The maximum absolute atomic E-state index is 11.2. The molecule has 0 amide bonds. The molecule has 0 aromatic heterocycles. The van der Waals surface area contributed by atoms with Crippen LogP contribution in [0, 0.1) is 0 Å². The van der Waals surface area contributed by atoms with E-state index in [0.717, 1.165) is 23.1 Å². The Morgan fingerprint density at radius 3 is 1.83 bits per heavy atom. The van der Waals surface area contributed by atoms with Gasteiger partial charge in [-0.15, -0.1) is 6.58 Å². The number of aliphatic hydroxyl groups excluding tert-OH is 1. The van der Waals surface area contributed by atoms with E-state index in [2.05, 4.69) is 11.9 Å². The van der Waals surface area contributed by atoms with Crippen molar-refractivity contribution in [2.75, 3.05) is 6.61 Å². The fourth-order valence-corrected chi connectivity index (χ4v) is 4.24. The van der Waals surface area contributed by atoms with E-state index in [1.54, 1.807) is 0 Å². The van der Waals surface area contributed by atoms with Gasteiger partial charge in [0.1, 0.15) is 18.3 Å². The average molecular weight is 474 g/mol. The molecule has 0 radical (unpaired) electrons. The molecule has 3 aromatic rings. The molecule has 1 aliphatic rings. The summed E-state index contributed by atoms with van der Waals surface area (Å²) >= 11 is 0. The molecule has 1 saturated heterocycles. The molecular weight excluding hydrogens is 438 g/mol. The molecule has 2 N–H and O–H groups in total. The summed E-state index contributed by atoms with van der Waals surface area (Å²) in [5, 5.41) is 14.7. The maximum Gasteiger partial charge on any atom is 0.114 e. The summed E-state index contributed by atoms with van der Waals surface area (Å²) in [5.41, 5.74) is 3.19. The Morgan fingerprint density at radius 2 is 1.29 bits per heavy atom. The summed E-state index contributed by atoms with van der Waals surface area (Å²) in [4.78, 5) is 0. The van der Waals surface area contributed by atoms with Crippen LogP contribution in [0.15, 0.2) is 104 Å². The SMILES string of the molecule is C=CC[C@H]1N[C@H]1[C@@H](OCc1ccccc1)[C@H](OCc1ccccc1)[C@H](O)COCc1ccccc1. The zero-order valence-electron chi connectivity index (χ0n) is 20.0. The quantitative estimate of drug-likeness (QED) is 0.248. The third kappa shape index (κ3) is 7.85. The Hall–Kier alpha value is -2.80. The first-order valence-electron chi connectivity index (χ1n) is 12.2. The van der Waals surface area contributed by atoms with Gasteiger partial charge in [0, 0.05) is 6.04 Å². The van der Waals surface area contributed by atoms with Crippen molar-refractivity contribution < 1.29 is 19.3 Å². The molecule has 3 aromatic carbocycles. The van der Waals surface area contributed by atoms with Crippen molar-refractivity contribution in [1.82, 2.24) is 5.32 Å². The van der Waals surface area contributed by atoms with Crippen LogP contribution in [0.2, 0.25) is 0 Å². The van der Waals surface area contributed by atoms with Crippen molar-refractivity contribution >= 4 is 0 Å². The van der Waals surface area contributed by atoms with Gasteiger partial charge in [-0.25, -0.2) is 0 Å². The monoisotopic (exact) mass is 473 g/mol. The van der Waals surface area contributed by atoms with E-state index in [1.165, 1.54) is 0 Å². The number of rotatable bonds is 15. The number of benzene rings is 3. The van der Waals surface area contributed by atoms with Crippen LogP contribution in [0.5, 0.6) is 0 Å². The van der Waals surface area contributed by atoms with Gasteiger partial charge in [-0.3, -0.25) is 0 Å². The Labute approximate surface area is 208 Å². The fourth-order valence-electron chi connectivity index (χ4n) is 4.24. The zero-order chi connectivity index (χ0) is 24.3. The van der Waals surface area contributed by atoms with Crippen LogP contribution in [-0.2, 0) is 34.0 Å². The highest BCUT2D eigenvalue weighted by molar-refractivity contribution is 5.16. The Kier molecular flexibility index (Phi) is 9.64. The molecule has 0 aliphatic carbocycles. The van der Waals surface area contributed by atoms with Gasteiger partial charge >= 0.3 is 0 Å². The summed E-state index contributed by atoms with van der Waals surface area (Å²) in [6, 6.07) is 30.3. The van der Waals surface area contributed by atoms with E-state index in [-0.39, 0.29) is 24.8 Å². The van der Waals surface area contributed by atoms with Crippen molar-refractivity contribution in [2.45, 2.75) is 56.6 Å². The lowest BCUT2D eigenvalue weighted by atomic mass is 10.0. The second-order valence-electron chi connectivity index (χ2n) is 8.91. The first-order valence-corrected chi connectivity index (χ1v) is 12.2. The minimum atomic E-state index is -0.852. The van der Waals surface area contributed by atoms with Gasteiger partial charge in [-0.2, -0.15) is 0 Å². The smallest absolute Gasteiger partial charge is 0.114 e. The van der Waals surface area contributed by atoms with E-state index in [9.17, 15) is 5.11 Å². The first-order chi connectivity index (χ1) is 17.2. The molecule has 1 aliphatic heterocycles. The van der Waals surface area contributed by atoms with E-state index in [4.69, 9.17) is 14.2 Å². The highest BCUT2D eigenvalue weighted by atomic mass is 16.6. The molecule has 0 unspecified atom stereocenters. The lowest BCUT2D eigenvalue weighted by Crippen LogP contribution is -2.47. The predicted octanol–water partition coefficient (Wildman–Crippen LogP) is 4.65. The summed E-state index contributed by atoms with van der Waals surface area (Å²) < 4.78 is 18.7. The lowest BCUT2D eigenvalue weighted by molar-refractivity contribution is -0.147. The predicted molar refractivity (Wildman–Crippen MR) is 138 cm³/mol. The second kappa shape index (κ2) is 13.3. The van der Waals surface area contributed by atoms with Gasteiger partial charge in [-0.05, 0) is 23.1 Å². The second-order valence-corrected chi connectivity index (χ2v) is 8.91. The molecule has 0 spiro atoms. The highest BCUT2D eigenvalue weighted by Gasteiger charge is 2.47. The summed E-state index contributed by atoms with van der Waals surface area (Å²) in [6.07, 6.45) is 0.976. The Balaban J connectivity index is 1.46. The standard InChI is InChI=1S/C30H35NO4/c1-2-12-26-28(31-26)30(35-21-25-17-10-5-11-18-25)29(34-20-24-15-8-4-9-16-24)27(32)22-33-19-23-13-6-3-7-14-23/h2-11,13-18,26-32H,1,12,19-22H2/t26-,27-,28-,29-,30-/m1/s1. The van der Waals surface area contributed by atoms with Crippen LogP contribution in [0.1, 0.15) is 23.1 Å². The van der Waals surface area contributed by atoms with Crippen LogP contribution in [0.4, 0.5) is 0 Å². The van der Waals surface area contributed by atoms with Crippen LogP contribution >= 0.6 is 0 Å². The van der Waals surface area contributed by atoms with Crippen molar-refractivity contribution in [3.63, 3.8) is 0 Å². The number of nitrogens with one attached hydrogen (secondary N) is 1. The normalized spacial score (nSPS) is 19.6. The third-order valence-electron chi connectivity index (χ3n) is 6.18. The van der Waals surface area contributed by atoms with Gasteiger partial charge in [0.05, 0.1) is 32.5 Å². The molecule has 1 heterocycles. The molecule has 5 heteroatoms. The van der Waals surface area contributed by atoms with Gasteiger partial charge in [-0.1, -0.05) is 97.1 Å². The van der Waals surface area contributed by atoms with Gasteiger partial charge in [0.15, 0.2) is 0 Å². The summed E-state index contributed by atoms with van der Waals surface area (Å²) in [7, 11) is 0. The van der Waals surface area contributed by atoms with E-state index in [1.807, 2.05) is 97.1 Å². The molecule has 0 bridgehead atoms. The maximum atomic E-state index is 11.2. The first kappa shape index (κ1) is 25.3. The van der Waals surface area contributed by atoms with Crippen molar-refractivity contribution in [2.24, 2.45) is 0 Å². The highest BCUT2D eigenvalue weighted by Crippen LogP contribution is 2.28. The van der Waals surface area contributed by atoms with E-state index >= 15 is 0 Å². The molecule has 1 fully saturated rings. The van der Waals surface area contributed by atoms with Gasteiger partial charge in [0.2, 0.25) is 0 Å². The molecule has 0 saturated carbocycles. The largest absolute Gasteiger partial charge is 0.388 e. The Bertz CT molecular complexity index is 999. The molecule has 5 nitrogen and oxygen atoms in total. The molecule has 5 atom stereocenters. The van der Waals surface area contributed by atoms with Crippen LogP contribution < -0.4 is 5.32 Å².